The summed E-state index contributed by atoms with van der Waals surface area (Å²) in [5.74, 6) is 0.668. The fraction of sp³-hybridized carbons (Fsp3) is 0.375. The second kappa shape index (κ2) is 6.29. The molecule has 0 amide bonds. The first-order valence-corrected chi connectivity index (χ1v) is 7.69. The second-order valence-corrected chi connectivity index (χ2v) is 6.31. The molecule has 3 nitrogen and oxygen atoms in total. The van der Waals surface area contributed by atoms with Crippen LogP contribution in [0.15, 0.2) is 35.7 Å². The van der Waals surface area contributed by atoms with Gasteiger partial charge in [0.1, 0.15) is 11.5 Å². The van der Waals surface area contributed by atoms with Crippen LogP contribution in [-0.2, 0) is 0 Å². The van der Waals surface area contributed by atoms with Crippen molar-refractivity contribution in [2.24, 2.45) is 5.92 Å². The largest absolute Gasteiger partial charge is 0.507 e. The van der Waals surface area contributed by atoms with Gasteiger partial charge in [-0.2, -0.15) is 0 Å². The number of benzene rings is 1. The molecule has 1 aromatic heterocycles. The molecule has 0 bridgehead atoms. The number of phenols is 2. The Morgan fingerprint density at radius 2 is 1.65 bits per heavy atom. The smallest absolute Gasteiger partial charge is 0.124 e. The zero-order chi connectivity index (χ0) is 14.7. The summed E-state index contributed by atoms with van der Waals surface area (Å²) in [6.45, 7) is 6.28. The highest BCUT2D eigenvalue weighted by molar-refractivity contribution is 7.10. The molecule has 20 heavy (non-hydrogen) atoms. The van der Waals surface area contributed by atoms with Gasteiger partial charge in [0.15, 0.2) is 0 Å². The van der Waals surface area contributed by atoms with E-state index >= 15 is 0 Å². The first kappa shape index (κ1) is 14.9. The number of hydrogen-bond acceptors (Lipinski definition) is 4. The lowest BCUT2D eigenvalue weighted by Gasteiger charge is -2.26. The minimum Gasteiger partial charge on any atom is -0.507 e. The molecule has 3 N–H and O–H groups in total. The maximum absolute atomic E-state index is 9.95. The molecule has 2 aromatic rings. The molecular weight excluding hydrogens is 270 g/mol. The highest BCUT2D eigenvalue weighted by Gasteiger charge is 2.22. The van der Waals surface area contributed by atoms with E-state index in [0.29, 0.717) is 11.5 Å². The van der Waals surface area contributed by atoms with Gasteiger partial charge in [0, 0.05) is 17.0 Å². The van der Waals surface area contributed by atoms with E-state index in [1.165, 1.54) is 4.88 Å². The topological polar surface area (TPSA) is 52.5 Å². The van der Waals surface area contributed by atoms with E-state index in [4.69, 9.17) is 0 Å². The van der Waals surface area contributed by atoms with Crippen LogP contribution in [0.3, 0.4) is 0 Å². The molecule has 0 aliphatic carbocycles. The lowest BCUT2D eigenvalue weighted by molar-refractivity contribution is 0.359. The maximum Gasteiger partial charge on any atom is 0.124 e. The number of hydrogen-bond donors (Lipinski definition) is 3. The maximum atomic E-state index is 9.95. The fourth-order valence-electron chi connectivity index (χ4n) is 2.41. The Bertz CT molecular complexity index is 531. The molecule has 0 radical (unpaired) electrons. The van der Waals surface area contributed by atoms with Crippen LogP contribution in [0.4, 0.5) is 0 Å². The SMILES string of the molecule is CC(NC(c1cccs1)C(C)C)c1c(O)cccc1O. The average molecular weight is 291 g/mol. The van der Waals surface area contributed by atoms with E-state index in [2.05, 4.69) is 30.6 Å². The molecule has 108 valence electrons. The van der Waals surface area contributed by atoms with Crippen molar-refractivity contribution in [2.45, 2.75) is 32.9 Å². The summed E-state index contributed by atoms with van der Waals surface area (Å²) in [6, 6.07) is 9.06. The molecule has 0 saturated carbocycles. The standard InChI is InChI=1S/C16H21NO2S/c1-10(2)16(14-8-5-9-20-14)17-11(3)15-12(18)6-4-7-13(15)19/h4-11,16-19H,1-3H3. The molecule has 1 aromatic carbocycles. The van der Waals surface area contributed by atoms with E-state index in [-0.39, 0.29) is 23.6 Å². The van der Waals surface area contributed by atoms with Crippen LogP contribution < -0.4 is 5.32 Å². The number of phenolic OH excluding ortho intramolecular Hbond substituents is 2. The van der Waals surface area contributed by atoms with Gasteiger partial charge in [0.25, 0.3) is 0 Å². The van der Waals surface area contributed by atoms with Crippen LogP contribution in [0.2, 0.25) is 0 Å². The first-order chi connectivity index (χ1) is 9.50. The van der Waals surface area contributed by atoms with Gasteiger partial charge in [0.05, 0.1) is 5.56 Å². The third kappa shape index (κ3) is 3.14. The lowest BCUT2D eigenvalue weighted by atomic mass is 9.99. The van der Waals surface area contributed by atoms with Crippen molar-refractivity contribution >= 4 is 11.3 Å². The summed E-state index contributed by atoms with van der Waals surface area (Å²) in [5, 5.41) is 25.5. The number of rotatable bonds is 5. The predicted molar refractivity (Wildman–Crippen MR) is 83.2 cm³/mol. The summed E-state index contributed by atoms with van der Waals surface area (Å²) in [5.41, 5.74) is 0.551. The summed E-state index contributed by atoms with van der Waals surface area (Å²) >= 11 is 1.72. The van der Waals surface area contributed by atoms with Crippen molar-refractivity contribution in [3.8, 4) is 11.5 Å². The molecule has 0 saturated heterocycles. The van der Waals surface area contributed by atoms with E-state index in [1.54, 1.807) is 29.5 Å². The molecule has 0 spiro atoms. The second-order valence-electron chi connectivity index (χ2n) is 5.34. The Labute approximate surface area is 123 Å². The van der Waals surface area contributed by atoms with Gasteiger partial charge in [0.2, 0.25) is 0 Å². The monoisotopic (exact) mass is 291 g/mol. The summed E-state index contributed by atoms with van der Waals surface area (Å²) < 4.78 is 0. The third-order valence-corrected chi connectivity index (χ3v) is 4.39. The van der Waals surface area contributed by atoms with Gasteiger partial charge in [-0.25, -0.2) is 0 Å². The lowest BCUT2D eigenvalue weighted by Crippen LogP contribution is -2.27. The van der Waals surface area contributed by atoms with E-state index in [0.717, 1.165) is 0 Å². The van der Waals surface area contributed by atoms with Crippen LogP contribution in [0.1, 0.15) is 43.3 Å². The van der Waals surface area contributed by atoms with Crippen molar-refractivity contribution in [3.63, 3.8) is 0 Å². The molecule has 0 fully saturated rings. The van der Waals surface area contributed by atoms with Crippen molar-refractivity contribution in [2.75, 3.05) is 0 Å². The zero-order valence-corrected chi connectivity index (χ0v) is 12.8. The number of thiophene rings is 1. The summed E-state index contributed by atoms with van der Waals surface area (Å²) in [7, 11) is 0. The quantitative estimate of drug-likeness (QED) is 0.773. The van der Waals surface area contributed by atoms with E-state index in [9.17, 15) is 10.2 Å². The Hall–Kier alpha value is -1.52. The molecule has 2 atom stereocenters. The molecular formula is C16H21NO2S. The number of nitrogens with one attached hydrogen (secondary N) is 1. The van der Waals surface area contributed by atoms with E-state index < -0.39 is 0 Å². The third-order valence-electron chi connectivity index (χ3n) is 3.44. The normalized spacial score (nSPS) is 14.4. The van der Waals surface area contributed by atoms with Gasteiger partial charge in [-0.1, -0.05) is 26.0 Å². The summed E-state index contributed by atoms with van der Waals surface area (Å²) in [6.07, 6.45) is 0. The minimum absolute atomic E-state index is 0.124. The van der Waals surface area contributed by atoms with Gasteiger partial charge in [-0.05, 0) is 36.4 Å². The number of aromatic hydroxyl groups is 2. The van der Waals surface area contributed by atoms with E-state index in [1.807, 2.05) is 13.0 Å². The van der Waals surface area contributed by atoms with Gasteiger partial charge >= 0.3 is 0 Å². The van der Waals surface area contributed by atoms with Crippen LogP contribution in [0, 0.1) is 5.92 Å². The van der Waals surface area contributed by atoms with Crippen molar-refractivity contribution < 1.29 is 10.2 Å². The molecule has 0 aliphatic heterocycles. The van der Waals surface area contributed by atoms with Crippen LogP contribution in [0.25, 0.3) is 0 Å². The fourth-order valence-corrected chi connectivity index (χ4v) is 3.37. The minimum atomic E-state index is -0.134. The van der Waals surface area contributed by atoms with Crippen molar-refractivity contribution in [3.05, 3.63) is 46.2 Å². The van der Waals surface area contributed by atoms with Crippen LogP contribution in [0.5, 0.6) is 11.5 Å². The first-order valence-electron chi connectivity index (χ1n) is 6.81. The van der Waals surface area contributed by atoms with Crippen LogP contribution in [-0.4, -0.2) is 10.2 Å². The average Bonchev–Trinajstić information content (AvgIpc) is 2.88. The highest BCUT2D eigenvalue weighted by atomic mass is 32.1. The zero-order valence-electron chi connectivity index (χ0n) is 12.0. The summed E-state index contributed by atoms with van der Waals surface area (Å²) in [4.78, 5) is 1.27. The Morgan fingerprint density at radius 3 is 2.15 bits per heavy atom. The van der Waals surface area contributed by atoms with Crippen molar-refractivity contribution in [1.82, 2.24) is 5.32 Å². The van der Waals surface area contributed by atoms with Crippen molar-refractivity contribution in [1.29, 1.82) is 0 Å². The molecule has 2 unspecified atom stereocenters. The Kier molecular flexibility index (Phi) is 4.68. The molecule has 1 heterocycles. The molecule has 4 heteroatoms. The van der Waals surface area contributed by atoms with Crippen LogP contribution >= 0.6 is 11.3 Å². The van der Waals surface area contributed by atoms with Gasteiger partial charge in [-0.15, -0.1) is 11.3 Å². The Balaban J connectivity index is 2.23. The molecule has 2 rings (SSSR count). The predicted octanol–water partition coefficient (Wildman–Crippen LogP) is 4.21. The molecule has 0 aliphatic rings. The van der Waals surface area contributed by atoms with Gasteiger partial charge in [-0.3, -0.25) is 0 Å². The highest BCUT2D eigenvalue weighted by Crippen LogP contribution is 2.35. The Morgan fingerprint density at radius 1 is 1.00 bits per heavy atom. The van der Waals surface area contributed by atoms with Gasteiger partial charge < -0.3 is 15.5 Å².